The van der Waals surface area contributed by atoms with Crippen molar-refractivity contribution in [2.75, 3.05) is 7.11 Å². The monoisotopic (exact) mass is 263 g/mol. The van der Waals surface area contributed by atoms with Gasteiger partial charge in [0.05, 0.1) is 24.3 Å². The van der Waals surface area contributed by atoms with E-state index < -0.39 is 0 Å². The Kier molecular flexibility index (Phi) is 3.68. The minimum absolute atomic E-state index is 0.0533. The predicted octanol–water partition coefficient (Wildman–Crippen LogP) is 3.24. The smallest absolute Gasteiger partial charge is 0.124 e. The van der Waals surface area contributed by atoms with Crippen LogP contribution in [0.4, 0.5) is 0 Å². The number of hydrogen-bond acceptors (Lipinski definition) is 4. The highest BCUT2D eigenvalue weighted by molar-refractivity contribution is 7.15. The molecule has 0 saturated heterocycles. The molecule has 0 saturated carbocycles. The van der Waals surface area contributed by atoms with E-state index in [1.165, 1.54) is 5.56 Å². The molecule has 4 heteroatoms. The van der Waals surface area contributed by atoms with Crippen LogP contribution in [0.1, 0.15) is 21.7 Å². The van der Waals surface area contributed by atoms with Crippen LogP contribution in [0.15, 0.2) is 12.1 Å². The van der Waals surface area contributed by atoms with Crippen molar-refractivity contribution in [2.24, 2.45) is 0 Å². The van der Waals surface area contributed by atoms with Gasteiger partial charge in [-0.2, -0.15) is 0 Å². The van der Waals surface area contributed by atoms with Crippen LogP contribution in [0.2, 0.25) is 0 Å². The molecule has 1 N–H and O–H groups in total. The molecule has 3 nitrogen and oxygen atoms in total. The Labute approximate surface area is 111 Å². The van der Waals surface area contributed by atoms with E-state index in [0.717, 1.165) is 32.5 Å². The van der Waals surface area contributed by atoms with Gasteiger partial charge < -0.3 is 9.84 Å². The molecule has 18 heavy (non-hydrogen) atoms. The molecular formula is C14H17NO2S. The first kappa shape index (κ1) is 13.1. The Morgan fingerprint density at radius 1 is 1.22 bits per heavy atom. The van der Waals surface area contributed by atoms with Crippen molar-refractivity contribution < 1.29 is 9.84 Å². The van der Waals surface area contributed by atoms with E-state index >= 15 is 0 Å². The molecule has 0 aliphatic rings. The summed E-state index contributed by atoms with van der Waals surface area (Å²) in [5.74, 6) is 0.895. The molecule has 96 valence electrons. The Bertz CT molecular complexity index is 575. The van der Waals surface area contributed by atoms with Crippen molar-refractivity contribution in [1.29, 1.82) is 0 Å². The largest absolute Gasteiger partial charge is 0.496 e. The molecule has 0 atom stereocenters. The van der Waals surface area contributed by atoms with Gasteiger partial charge in [-0.15, -0.1) is 11.3 Å². The highest BCUT2D eigenvalue weighted by Gasteiger charge is 2.13. The van der Waals surface area contributed by atoms with Crippen molar-refractivity contribution in [2.45, 2.75) is 27.4 Å². The molecule has 0 aliphatic heterocycles. The molecule has 0 fully saturated rings. The molecule has 0 unspecified atom stereocenters. The fraction of sp³-hybridized carbons (Fsp3) is 0.357. The number of aliphatic hydroxyl groups excluding tert-OH is 1. The van der Waals surface area contributed by atoms with Gasteiger partial charge in [-0.05, 0) is 44.0 Å². The summed E-state index contributed by atoms with van der Waals surface area (Å²) in [4.78, 5) is 5.46. The molecule has 0 radical (unpaired) electrons. The Balaban J connectivity index is 2.54. The van der Waals surface area contributed by atoms with Crippen molar-refractivity contribution in [3.05, 3.63) is 33.8 Å². The van der Waals surface area contributed by atoms with Crippen molar-refractivity contribution in [1.82, 2.24) is 4.98 Å². The fourth-order valence-electron chi connectivity index (χ4n) is 1.94. The van der Waals surface area contributed by atoms with Gasteiger partial charge in [0.1, 0.15) is 10.8 Å². The van der Waals surface area contributed by atoms with Gasteiger partial charge in [0.15, 0.2) is 0 Å². The summed E-state index contributed by atoms with van der Waals surface area (Å²) in [5, 5.41) is 10.2. The van der Waals surface area contributed by atoms with E-state index in [1.807, 2.05) is 26.0 Å². The third-order valence-corrected chi connectivity index (χ3v) is 4.40. The maximum absolute atomic E-state index is 9.24. The molecule has 0 spiro atoms. The number of aromatic nitrogens is 1. The van der Waals surface area contributed by atoms with E-state index in [0.29, 0.717) is 0 Å². The van der Waals surface area contributed by atoms with Gasteiger partial charge in [0.2, 0.25) is 0 Å². The normalized spacial score (nSPS) is 10.7. The molecule has 0 aliphatic carbocycles. The lowest BCUT2D eigenvalue weighted by Gasteiger charge is -2.10. The Morgan fingerprint density at radius 2 is 1.94 bits per heavy atom. The molecule has 0 bridgehead atoms. The van der Waals surface area contributed by atoms with Crippen LogP contribution in [0, 0.1) is 20.8 Å². The van der Waals surface area contributed by atoms with Gasteiger partial charge in [-0.25, -0.2) is 4.98 Å². The third-order valence-electron chi connectivity index (χ3n) is 3.22. The molecule has 2 aromatic rings. The second-order valence-electron chi connectivity index (χ2n) is 4.25. The predicted molar refractivity (Wildman–Crippen MR) is 74.2 cm³/mol. The van der Waals surface area contributed by atoms with E-state index in [9.17, 15) is 5.11 Å². The number of hydrogen-bond donors (Lipinski definition) is 1. The quantitative estimate of drug-likeness (QED) is 0.924. The molecule has 1 aromatic heterocycles. The highest BCUT2D eigenvalue weighted by Crippen LogP contribution is 2.34. The zero-order chi connectivity index (χ0) is 13.3. The summed E-state index contributed by atoms with van der Waals surface area (Å²) < 4.78 is 5.31. The molecule has 1 aromatic carbocycles. The lowest BCUT2D eigenvalue weighted by atomic mass is 10.0. The van der Waals surface area contributed by atoms with Gasteiger partial charge in [0.25, 0.3) is 0 Å². The number of nitrogens with zero attached hydrogens (tertiary/aromatic N) is 1. The average Bonchev–Trinajstić information content (AvgIpc) is 2.73. The second-order valence-corrected chi connectivity index (χ2v) is 5.33. The fourth-order valence-corrected chi connectivity index (χ4v) is 2.94. The van der Waals surface area contributed by atoms with E-state index in [4.69, 9.17) is 4.74 Å². The Morgan fingerprint density at radius 3 is 2.50 bits per heavy atom. The Hall–Kier alpha value is -1.39. The van der Waals surface area contributed by atoms with Gasteiger partial charge >= 0.3 is 0 Å². The topological polar surface area (TPSA) is 42.4 Å². The van der Waals surface area contributed by atoms with Crippen molar-refractivity contribution >= 4 is 11.3 Å². The summed E-state index contributed by atoms with van der Waals surface area (Å²) in [7, 11) is 1.68. The summed E-state index contributed by atoms with van der Waals surface area (Å²) in [6.07, 6.45) is 0. The third kappa shape index (κ3) is 2.13. The highest BCUT2D eigenvalue weighted by atomic mass is 32.1. The van der Waals surface area contributed by atoms with Crippen LogP contribution in [0.5, 0.6) is 5.75 Å². The van der Waals surface area contributed by atoms with E-state index in [1.54, 1.807) is 18.4 Å². The summed E-state index contributed by atoms with van der Waals surface area (Å²) in [6.45, 7) is 6.10. The van der Waals surface area contributed by atoms with Gasteiger partial charge in [0, 0.05) is 5.56 Å². The van der Waals surface area contributed by atoms with Crippen LogP contribution < -0.4 is 4.74 Å². The number of methoxy groups -OCH3 is 1. The number of aryl methyl sites for hydroxylation is 1. The maximum atomic E-state index is 9.24. The van der Waals surface area contributed by atoms with E-state index in [-0.39, 0.29) is 6.61 Å². The van der Waals surface area contributed by atoms with E-state index in [2.05, 4.69) is 11.9 Å². The lowest BCUT2D eigenvalue weighted by Crippen LogP contribution is -1.92. The zero-order valence-corrected chi connectivity index (χ0v) is 11.9. The maximum Gasteiger partial charge on any atom is 0.124 e. The number of thiazole rings is 1. The first-order valence-corrected chi connectivity index (χ1v) is 6.61. The molecule has 1 heterocycles. The number of aliphatic hydroxyl groups is 1. The summed E-state index contributed by atoms with van der Waals surface area (Å²) >= 11 is 1.55. The minimum Gasteiger partial charge on any atom is -0.496 e. The summed E-state index contributed by atoms with van der Waals surface area (Å²) in [6, 6.07) is 3.99. The molecule has 0 amide bonds. The average molecular weight is 263 g/mol. The zero-order valence-electron chi connectivity index (χ0n) is 11.1. The number of rotatable bonds is 3. The van der Waals surface area contributed by atoms with Crippen LogP contribution in [0.25, 0.3) is 10.6 Å². The molecule has 2 rings (SSSR count). The standard InChI is InChI=1S/C14H17NO2S/c1-8-9(2)12(17-4)6-5-11(8)14-15-10(3)13(7-16)18-14/h5-6,16H,7H2,1-4H3. The van der Waals surface area contributed by atoms with Gasteiger partial charge in [-0.3, -0.25) is 0 Å². The van der Waals surface area contributed by atoms with Crippen LogP contribution in [0.3, 0.4) is 0 Å². The van der Waals surface area contributed by atoms with Crippen molar-refractivity contribution in [3.8, 4) is 16.3 Å². The number of benzene rings is 1. The lowest BCUT2D eigenvalue weighted by molar-refractivity contribution is 0.284. The van der Waals surface area contributed by atoms with Crippen LogP contribution >= 0.6 is 11.3 Å². The van der Waals surface area contributed by atoms with Crippen molar-refractivity contribution in [3.63, 3.8) is 0 Å². The first-order chi connectivity index (χ1) is 8.58. The summed E-state index contributed by atoms with van der Waals surface area (Å²) in [5.41, 5.74) is 4.33. The second kappa shape index (κ2) is 5.08. The first-order valence-electron chi connectivity index (χ1n) is 5.80. The SMILES string of the molecule is COc1ccc(-c2nc(C)c(CO)s2)c(C)c1C. The van der Waals surface area contributed by atoms with Crippen LogP contribution in [-0.4, -0.2) is 17.2 Å². The number of ether oxygens (including phenoxy) is 1. The minimum atomic E-state index is 0.0533. The van der Waals surface area contributed by atoms with Crippen LogP contribution in [-0.2, 0) is 6.61 Å². The van der Waals surface area contributed by atoms with Gasteiger partial charge in [-0.1, -0.05) is 0 Å². The molecular weight excluding hydrogens is 246 g/mol.